The Hall–Kier alpha value is -1.88. The standard InChI is InChI=1S/C21H32N2O3/c1-16(2)21(25)23-13-7-11-19(15-23)20(24)22-12-8-14-26-17(3)18-9-5-4-6-10-18/h4-6,9-10,16-17,19H,7-8,11-15H2,1-3H3,(H,22,24)/t17-,19+/m1/s1. The lowest BCUT2D eigenvalue weighted by atomic mass is 9.96. The highest BCUT2D eigenvalue weighted by atomic mass is 16.5. The van der Waals surface area contributed by atoms with Gasteiger partial charge in [-0.25, -0.2) is 0 Å². The molecule has 2 amide bonds. The molecule has 1 aromatic carbocycles. The van der Waals surface area contributed by atoms with E-state index in [9.17, 15) is 9.59 Å². The van der Waals surface area contributed by atoms with Gasteiger partial charge in [0.1, 0.15) is 0 Å². The summed E-state index contributed by atoms with van der Waals surface area (Å²) in [5, 5.41) is 3.00. The van der Waals surface area contributed by atoms with Gasteiger partial charge >= 0.3 is 0 Å². The third-order valence-electron chi connectivity index (χ3n) is 4.85. The molecule has 0 aliphatic carbocycles. The quantitative estimate of drug-likeness (QED) is 0.725. The number of piperidine rings is 1. The fourth-order valence-corrected chi connectivity index (χ4v) is 3.26. The third-order valence-corrected chi connectivity index (χ3v) is 4.85. The van der Waals surface area contributed by atoms with Crippen LogP contribution in [0.4, 0.5) is 0 Å². The molecule has 2 atom stereocenters. The summed E-state index contributed by atoms with van der Waals surface area (Å²) >= 11 is 0. The van der Waals surface area contributed by atoms with E-state index in [1.165, 1.54) is 0 Å². The second-order valence-corrected chi connectivity index (χ2v) is 7.35. The minimum Gasteiger partial charge on any atom is -0.374 e. The van der Waals surface area contributed by atoms with Crippen LogP contribution in [-0.4, -0.2) is 43.0 Å². The van der Waals surface area contributed by atoms with Crippen molar-refractivity contribution in [1.29, 1.82) is 0 Å². The highest BCUT2D eigenvalue weighted by Gasteiger charge is 2.29. The lowest BCUT2D eigenvalue weighted by Crippen LogP contribution is -2.46. The van der Waals surface area contributed by atoms with Crippen LogP contribution in [0.1, 0.15) is 51.7 Å². The summed E-state index contributed by atoms with van der Waals surface area (Å²) in [4.78, 5) is 26.3. The summed E-state index contributed by atoms with van der Waals surface area (Å²) in [5.74, 6) is 0.101. The number of amides is 2. The van der Waals surface area contributed by atoms with Crippen LogP contribution in [0.15, 0.2) is 30.3 Å². The zero-order valence-electron chi connectivity index (χ0n) is 16.2. The first-order valence-electron chi connectivity index (χ1n) is 9.72. The largest absolute Gasteiger partial charge is 0.374 e. The molecule has 2 rings (SSSR count). The molecule has 0 radical (unpaired) electrons. The van der Waals surface area contributed by atoms with Crippen LogP contribution in [0.5, 0.6) is 0 Å². The van der Waals surface area contributed by atoms with Gasteiger partial charge in [-0.1, -0.05) is 44.2 Å². The van der Waals surface area contributed by atoms with Crippen molar-refractivity contribution in [2.75, 3.05) is 26.2 Å². The van der Waals surface area contributed by atoms with E-state index in [1.54, 1.807) is 0 Å². The molecule has 0 bridgehead atoms. The first-order chi connectivity index (χ1) is 12.5. The summed E-state index contributed by atoms with van der Waals surface area (Å²) in [6.45, 7) is 8.38. The molecular weight excluding hydrogens is 328 g/mol. The molecule has 1 saturated heterocycles. The van der Waals surface area contributed by atoms with E-state index in [0.29, 0.717) is 19.7 Å². The van der Waals surface area contributed by atoms with Crippen LogP contribution in [0.3, 0.4) is 0 Å². The van der Waals surface area contributed by atoms with E-state index in [-0.39, 0.29) is 29.8 Å². The van der Waals surface area contributed by atoms with Crippen molar-refractivity contribution < 1.29 is 14.3 Å². The molecule has 5 heteroatoms. The first-order valence-corrected chi connectivity index (χ1v) is 9.72. The Balaban J connectivity index is 1.64. The van der Waals surface area contributed by atoms with E-state index in [4.69, 9.17) is 4.74 Å². The van der Waals surface area contributed by atoms with Gasteiger partial charge in [0.05, 0.1) is 12.0 Å². The second kappa shape index (κ2) is 10.3. The minimum absolute atomic E-state index is 0.0134. The molecule has 0 spiro atoms. The SMILES string of the molecule is CC(C)C(=O)N1CCC[C@H](C(=O)NCCCO[C@H](C)c2ccccc2)C1. The van der Waals surface area contributed by atoms with Crippen molar-refractivity contribution in [2.24, 2.45) is 11.8 Å². The van der Waals surface area contributed by atoms with Crippen molar-refractivity contribution in [2.45, 2.75) is 46.1 Å². The maximum Gasteiger partial charge on any atom is 0.225 e. The monoisotopic (exact) mass is 360 g/mol. The van der Waals surface area contributed by atoms with Crippen molar-refractivity contribution in [3.05, 3.63) is 35.9 Å². The number of carbonyl (C=O) groups excluding carboxylic acids is 2. The van der Waals surface area contributed by atoms with Crippen LogP contribution >= 0.6 is 0 Å². The van der Waals surface area contributed by atoms with Gasteiger partial charge < -0.3 is 15.0 Å². The fourth-order valence-electron chi connectivity index (χ4n) is 3.26. The van der Waals surface area contributed by atoms with Gasteiger partial charge in [0.15, 0.2) is 0 Å². The number of carbonyl (C=O) groups is 2. The predicted molar refractivity (Wildman–Crippen MR) is 103 cm³/mol. The van der Waals surface area contributed by atoms with Gasteiger partial charge in [-0.05, 0) is 31.7 Å². The molecule has 144 valence electrons. The third kappa shape index (κ3) is 6.13. The van der Waals surface area contributed by atoms with Crippen molar-refractivity contribution in [1.82, 2.24) is 10.2 Å². The maximum absolute atomic E-state index is 12.4. The zero-order chi connectivity index (χ0) is 18.9. The highest BCUT2D eigenvalue weighted by molar-refractivity contribution is 5.82. The molecule has 1 aromatic rings. The number of nitrogens with one attached hydrogen (secondary N) is 1. The molecule has 0 aromatic heterocycles. The zero-order valence-corrected chi connectivity index (χ0v) is 16.2. The molecule has 5 nitrogen and oxygen atoms in total. The Morgan fingerprint density at radius 1 is 1.23 bits per heavy atom. The number of ether oxygens (including phenoxy) is 1. The number of hydrogen-bond donors (Lipinski definition) is 1. The van der Waals surface area contributed by atoms with Crippen LogP contribution in [0.25, 0.3) is 0 Å². The van der Waals surface area contributed by atoms with Gasteiger partial charge in [-0.3, -0.25) is 9.59 Å². The number of nitrogens with zero attached hydrogens (tertiary/aromatic N) is 1. The number of hydrogen-bond acceptors (Lipinski definition) is 3. The normalized spacial score (nSPS) is 18.6. The lowest BCUT2D eigenvalue weighted by Gasteiger charge is -2.33. The summed E-state index contributed by atoms with van der Waals surface area (Å²) in [5.41, 5.74) is 1.16. The summed E-state index contributed by atoms with van der Waals surface area (Å²) < 4.78 is 5.83. The molecule has 1 heterocycles. The van der Waals surface area contributed by atoms with Crippen molar-refractivity contribution in [3.8, 4) is 0 Å². The summed E-state index contributed by atoms with van der Waals surface area (Å²) in [6.07, 6.45) is 2.59. The molecule has 1 aliphatic heterocycles. The van der Waals surface area contributed by atoms with E-state index in [2.05, 4.69) is 17.4 Å². The van der Waals surface area contributed by atoms with Gasteiger partial charge in [-0.15, -0.1) is 0 Å². The Kier molecular flexibility index (Phi) is 8.10. The summed E-state index contributed by atoms with van der Waals surface area (Å²) in [6, 6.07) is 10.1. The Bertz CT molecular complexity index is 574. The summed E-state index contributed by atoms with van der Waals surface area (Å²) in [7, 11) is 0. The maximum atomic E-state index is 12.4. The van der Waals surface area contributed by atoms with Crippen LogP contribution in [-0.2, 0) is 14.3 Å². The molecule has 26 heavy (non-hydrogen) atoms. The number of likely N-dealkylation sites (tertiary alicyclic amines) is 1. The van der Waals surface area contributed by atoms with Crippen LogP contribution < -0.4 is 5.32 Å². The number of benzene rings is 1. The highest BCUT2D eigenvalue weighted by Crippen LogP contribution is 2.19. The Labute approximate surface area is 157 Å². The molecule has 0 saturated carbocycles. The predicted octanol–water partition coefficient (Wildman–Crippen LogP) is 3.17. The van der Waals surface area contributed by atoms with E-state index >= 15 is 0 Å². The first kappa shape index (κ1) is 20.4. The van der Waals surface area contributed by atoms with E-state index in [1.807, 2.05) is 43.9 Å². The van der Waals surface area contributed by atoms with Gasteiger partial charge in [0, 0.05) is 32.2 Å². The molecule has 0 unspecified atom stereocenters. The van der Waals surface area contributed by atoms with Crippen LogP contribution in [0.2, 0.25) is 0 Å². The minimum atomic E-state index is -0.0874. The average Bonchev–Trinajstić information content (AvgIpc) is 2.67. The van der Waals surface area contributed by atoms with Crippen LogP contribution in [0, 0.1) is 11.8 Å². The average molecular weight is 360 g/mol. The molecule has 1 N–H and O–H groups in total. The molecule has 1 fully saturated rings. The van der Waals surface area contributed by atoms with Crippen molar-refractivity contribution >= 4 is 11.8 Å². The fraction of sp³-hybridized carbons (Fsp3) is 0.619. The topological polar surface area (TPSA) is 58.6 Å². The second-order valence-electron chi connectivity index (χ2n) is 7.35. The van der Waals surface area contributed by atoms with Gasteiger partial charge in [0.2, 0.25) is 11.8 Å². The Morgan fingerprint density at radius 3 is 2.65 bits per heavy atom. The molecule has 1 aliphatic rings. The van der Waals surface area contributed by atoms with E-state index < -0.39 is 0 Å². The lowest BCUT2D eigenvalue weighted by molar-refractivity contribution is -0.138. The van der Waals surface area contributed by atoms with Crippen molar-refractivity contribution in [3.63, 3.8) is 0 Å². The van der Waals surface area contributed by atoms with Gasteiger partial charge in [-0.2, -0.15) is 0 Å². The smallest absolute Gasteiger partial charge is 0.225 e. The Morgan fingerprint density at radius 2 is 1.96 bits per heavy atom. The number of rotatable bonds is 8. The molecular formula is C21H32N2O3. The van der Waals surface area contributed by atoms with E-state index in [0.717, 1.165) is 31.4 Å². The van der Waals surface area contributed by atoms with Gasteiger partial charge in [0.25, 0.3) is 0 Å².